The first-order valence-electron chi connectivity index (χ1n) is 7.56. The van der Waals surface area contributed by atoms with Crippen molar-refractivity contribution in [3.8, 4) is 0 Å². The Morgan fingerprint density at radius 3 is 2.90 bits per heavy atom. The lowest BCUT2D eigenvalue weighted by molar-refractivity contribution is 0.320. The van der Waals surface area contributed by atoms with Gasteiger partial charge in [0.05, 0.1) is 0 Å². The van der Waals surface area contributed by atoms with Crippen molar-refractivity contribution in [1.82, 2.24) is 14.6 Å². The molecule has 1 fully saturated rings. The van der Waals surface area contributed by atoms with E-state index in [-0.39, 0.29) is 6.04 Å². The second-order valence-electron chi connectivity index (χ2n) is 5.83. The van der Waals surface area contributed by atoms with Crippen molar-refractivity contribution in [3.63, 3.8) is 0 Å². The number of anilines is 1. The maximum atomic E-state index is 5.94. The zero-order valence-corrected chi connectivity index (χ0v) is 12.0. The van der Waals surface area contributed by atoms with Gasteiger partial charge in [-0.25, -0.2) is 4.52 Å². The number of aryl methyl sites for hydroxylation is 1. The molecule has 108 valence electrons. The smallest absolute Gasteiger partial charge is 0.243 e. The van der Waals surface area contributed by atoms with Gasteiger partial charge in [-0.2, -0.15) is 4.98 Å². The number of nitrogens with two attached hydrogens (primary N) is 1. The summed E-state index contributed by atoms with van der Waals surface area (Å²) in [6.45, 7) is 2.69. The first-order chi connectivity index (χ1) is 9.76. The van der Waals surface area contributed by atoms with Crippen LogP contribution in [0.1, 0.15) is 37.7 Å². The molecule has 5 nitrogen and oxygen atoms in total. The Morgan fingerprint density at radius 1 is 1.35 bits per heavy atom. The lowest BCUT2D eigenvalue weighted by atomic mass is 9.84. The number of rotatable bonds is 4. The molecule has 0 amide bonds. The summed E-state index contributed by atoms with van der Waals surface area (Å²) >= 11 is 0. The highest BCUT2D eigenvalue weighted by atomic mass is 15.3. The summed E-state index contributed by atoms with van der Waals surface area (Å²) in [5, 5.41) is 7.93. The Labute approximate surface area is 119 Å². The average molecular weight is 273 g/mol. The van der Waals surface area contributed by atoms with Gasteiger partial charge in [0.15, 0.2) is 5.65 Å². The molecule has 0 aromatic carbocycles. The minimum absolute atomic E-state index is 0.286. The predicted molar refractivity (Wildman–Crippen MR) is 80.8 cm³/mol. The Hall–Kier alpha value is -1.62. The fourth-order valence-corrected chi connectivity index (χ4v) is 3.12. The molecule has 0 radical (unpaired) electrons. The minimum atomic E-state index is 0.286. The number of fused-ring (bicyclic) bond motifs is 1. The van der Waals surface area contributed by atoms with Crippen LogP contribution in [-0.2, 0) is 0 Å². The van der Waals surface area contributed by atoms with E-state index in [1.807, 2.05) is 16.8 Å². The molecule has 1 atom stereocenters. The van der Waals surface area contributed by atoms with Crippen LogP contribution in [0, 0.1) is 12.8 Å². The molecule has 2 aromatic heterocycles. The molecule has 0 spiro atoms. The molecule has 1 aliphatic rings. The Balaban J connectivity index is 1.76. The van der Waals surface area contributed by atoms with E-state index in [2.05, 4.69) is 28.4 Å². The number of nitrogens with one attached hydrogen (secondary N) is 1. The quantitative estimate of drug-likeness (QED) is 0.897. The van der Waals surface area contributed by atoms with Crippen molar-refractivity contribution in [2.24, 2.45) is 11.7 Å². The standard InChI is InChI=1S/C15H23N5/c1-11-7-8-14-18-15(19-20(14)10-11)17-13(9-16)12-5-3-2-4-6-12/h7-8,10,12-13H,2-6,9,16H2,1H3,(H,17,19). The Kier molecular flexibility index (Phi) is 3.87. The molecular weight excluding hydrogens is 250 g/mol. The summed E-state index contributed by atoms with van der Waals surface area (Å²) in [5.41, 5.74) is 8.00. The van der Waals surface area contributed by atoms with Crippen molar-refractivity contribution >= 4 is 11.6 Å². The van der Waals surface area contributed by atoms with Crippen LogP contribution in [0.25, 0.3) is 5.65 Å². The third-order valence-electron chi connectivity index (χ3n) is 4.27. The van der Waals surface area contributed by atoms with Gasteiger partial charge in [0.1, 0.15) is 0 Å². The Morgan fingerprint density at radius 2 is 2.15 bits per heavy atom. The number of nitrogens with zero attached hydrogens (tertiary/aromatic N) is 3. The predicted octanol–water partition coefficient (Wildman–Crippen LogP) is 2.36. The monoisotopic (exact) mass is 273 g/mol. The maximum absolute atomic E-state index is 5.94. The zero-order chi connectivity index (χ0) is 13.9. The SMILES string of the molecule is Cc1ccc2nc(NC(CN)C3CCCCC3)nn2c1. The number of pyridine rings is 1. The zero-order valence-electron chi connectivity index (χ0n) is 12.0. The van der Waals surface area contributed by atoms with E-state index in [0.29, 0.717) is 18.4 Å². The number of hydrogen-bond donors (Lipinski definition) is 2. The highest BCUT2D eigenvalue weighted by Crippen LogP contribution is 2.27. The molecule has 0 aliphatic heterocycles. The van der Waals surface area contributed by atoms with E-state index in [4.69, 9.17) is 5.73 Å². The van der Waals surface area contributed by atoms with Gasteiger partial charge in [-0.3, -0.25) is 0 Å². The van der Waals surface area contributed by atoms with Crippen LogP contribution in [-0.4, -0.2) is 27.2 Å². The van der Waals surface area contributed by atoms with Gasteiger partial charge in [-0.1, -0.05) is 25.3 Å². The van der Waals surface area contributed by atoms with Crippen LogP contribution in [0.15, 0.2) is 18.3 Å². The minimum Gasteiger partial charge on any atom is -0.349 e. The van der Waals surface area contributed by atoms with Gasteiger partial charge in [-0.15, -0.1) is 5.10 Å². The van der Waals surface area contributed by atoms with Crippen LogP contribution >= 0.6 is 0 Å². The molecule has 1 saturated carbocycles. The molecule has 0 bridgehead atoms. The van der Waals surface area contributed by atoms with Crippen LogP contribution in [0.2, 0.25) is 0 Å². The first kappa shape index (κ1) is 13.4. The molecule has 2 heterocycles. The van der Waals surface area contributed by atoms with Crippen molar-refractivity contribution in [2.75, 3.05) is 11.9 Å². The highest BCUT2D eigenvalue weighted by Gasteiger charge is 2.23. The van der Waals surface area contributed by atoms with Crippen molar-refractivity contribution in [2.45, 2.75) is 45.1 Å². The summed E-state index contributed by atoms with van der Waals surface area (Å²) in [6, 6.07) is 4.33. The van der Waals surface area contributed by atoms with Crippen LogP contribution < -0.4 is 11.1 Å². The lowest BCUT2D eigenvalue weighted by Crippen LogP contribution is -2.37. The van der Waals surface area contributed by atoms with E-state index in [1.54, 1.807) is 0 Å². The molecule has 5 heteroatoms. The molecule has 0 saturated heterocycles. The molecule has 3 N–H and O–H groups in total. The van der Waals surface area contributed by atoms with Gasteiger partial charge in [0.2, 0.25) is 5.95 Å². The number of hydrogen-bond acceptors (Lipinski definition) is 4. The van der Waals surface area contributed by atoms with E-state index in [9.17, 15) is 0 Å². The van der Waals surface area contributed by atoms with E-state index >= 15 is 0 Å². The number of aromatic nitrogens is 3. The van der Waals surface area contributed by atoms with Gasteiger partial charge < -0.3 is 11.1 Å². The second kappa shape index (κ2) is 5.79. The molecular formula is C15H23N5. The van der Waals surface area contributed by atoms with Crippen molar-refractivity contribution in [1.29, 1.82) is 0 Å². The van der Waals surface area contributed by atoms with E-state index < -0.39 is 0 Å². The lowest BCUT2D eigenvalue weighted by Gasteiger charge is -2.29. The first-order valence-corrected chi connectivity index (χ1v) is 7.56. The van der Waals surface area contributed by atoms with Gasteiger partial charge in [0, 0.05) is 18.8 Å². The highest BCUT2D eigenvalue weighted by molar-refractivity contribution is 5.44. The van der Waals surface area contributed by atoms with Gasteiger partial charge in [-0.05, 0) is 37.3 Å². The van der Waals surface area contributed by atoms with Crippen molar-refractivity contribution < 1.29 is 0 Å². The summed E-state index contributed by atoms with van der Waals surface area (Å²) in [7, 11) is 0. The Bertz CT molecular complexity index is 571. The van der Waals surface area contributed by atoms with Gasteiger partial charge in [0.25, 0.3) is 0 Å². The van der Waals surface area contributed by atoms with Crippen LogP contribution in [0.5, 0.6) is 0 Å². The molecule has 20 heavy (non-hydrogen) atoms. The van der Waals surface area contributed by atoms with E-state index in [1.165, 1.54) is 37.7 Å². The third kappa shape index (κ3) is 2.77. The average Bonchev–Trinajstić information content (AvgIpc) is 2.87. The molecule has 3 rings (SSSR count). The molecule has 1 unspecified atom stereocenters. The fraction of sp³-hybridized carbons (Fsp3) is 0.600. The normalized spacial score (nSPS) is 18.3. The summed E-state index contributed by atoms with van der Waals surface area (Å²) < 4.78 is 1.83. The largest absolute Gasteiger partial charge is 0.349 e. The second-order valence-corrected chi connectivity index (χ2v) is 5.83. The van der Waals surface area contributed by atoms with E-state index in [0.717, 1.165) is 5.65 Å². The molecule has 1 aliphatic carbocycles. The van der Waals surface area contributed by atoms with Gasteiger partial charge >= 0.3 is 0 Å². The summed E-state index contributed by atoms with van der Waals surface area (Å²) in [6.07, 6.45) is 8.52. The van der Waals surface area contributed by atoms with Crippen LogP contribution in [0.3, 0.4) is 0 Å². The maximum Gasteiger partial charge on any atom is 0.243 e. The van der Waals surface area contributed by atoms with Crippen LogP contribution in [0.4, 0.5) is 5.95 Å². The summed E-state index contributed by atoms with van der Waals surface area (Å²) in [4.78, 5) is 4.52. The third-order valence-corrected chi connectivity index (χ3v) is 4.27. The summed E-state index contributed by atoms with van der Waals surface area (Å²) in [5.74, 6) is 1.35. The molecule has 2 aromatic rings. The fourth-order valence-electron chi connectivity index (χ4n) is 3.12. The van der Waals surface area contributed by atoms with Crippen molar-refractivity contribution in [3.05, 3.63) is 23.9 Å². The topological polar surface area (TPSA) is 68.2 Å².